The molecule has 94 valence electrons. The Balaban J connectivity index is 1.98. The number of rotatable bonds is 3. The zero-order valence-electron chi connectivity index (χ0n) is 10.7. The molecule has 3 heterocycles. The van der Waals surface area contributed by atoms with Crippen molar-refractivity contribution in [3.63, 3.8) is 0 Å². The first-order valence-electron chi connectivity index (χ1n) is 6.99. The molecule has 0 bridgehead atoms. The number of hydrogen-bond acceptors (Lipinski definition) is 3. The summed E-state index contributed by atoms with van der Waals surface area (Å²) in [6.45, 7) is 5.61. The van der Waals surface area contributed by atoms with Crippen LogP contribution in [0.5, 0.6) is 0 Å². The highest BCUT2D eigenvalue weighted by atomic mass is 15.3. The molecule has 1 unspecified atom stereocenters. The van der Waals surface area contributed by atoms with E-state index < -0.39 is 0 Å². The first-order chi connectivity index (χ1) is 8.36. The molecule has 1 N–H and O–H groups in total. The summed E-state index contributed by atoms with van der Waals surface area (Å²) in [4.78, 5) is 0. The summed E-state index contributed by atoms with van der Waals surface area (Å²) >= 11 is 0. The van der Waals surface area contributed by atoms with Crippen molar-refractivity contribution in [2.75, 3.05) is 13.1 Å². The van der Waals surface area contributed by atoms with E-state index in [1.807, 2.05) is 0 Å². The Bertz CT molecular complexity index is 390. The number of aryl methyl sites for hydroxylation is 1. The summed E-state index contributed by atoms with van der Waals surface area (Å²) in [5, 5.41) is 12.5. The van der Waals surface area contributed by atoms with Gasteiger partial charge in [0.2, 0.25) is 0 Å². The van der Waals surface area contributed by atoms with Crippen LogP contribution in [0.1, 0.15) is 50.7 Å². The molecule has 1 atom stereocenters. The van der Waals surface area contributed by atoms with Gasteiger partial charge < -0.3 is 9.88 Å². The van der Waals surface area contributed by atoms with Crippen molar-refractivity contribution in [1.82, 2.24) is 20.1 Å². The van der Waals surface area contributed by atoms with Gasteiger partial charge in [-0.05, 0) is 32.2 Å². The van der Waals surface area contributed by atoms with Gasteiger partial charge in [-0.1, -0.05) is 13.3 Å². The number of aromatic nitrogens is 3. The summed E-state index contributed by atoms with van der Waals surface area (Å²) in [5.41, 5.74) is 0.261. The van der Waals surface area contributed by atoms with Gasteiger partial charge in [0.15, 0.2) is 0 Å². The third-order valence-electron chi connectivity index (χ3n) is 4.31. The lowest BCUT2D eigenvalue weighted by Gasteiger charge is -2.28. The lowest BCUT2D eigenvalue weighted by Crippen LogP contribution is -2.33. The molecule has 4 heteroatoms. The largest absolute Gasteiger partial charge is 0.316 e. The Morgan fingerprint density at radius 3 is 3.06 bits per heavy atom. The van der Waals surface area contributed by atoms with E-state index in [9.17, 15) is 0 Å². The van der Waals surface area contributed by atoms with Crippen molar-refractivity contribution in [1.29, 1.82) is 0 Å². The molecule has 0 saturated carbocycles. The monoisotopic (exact) mass is 234 g/mol. The molecule has 1 saturated heterocycles. The maximum atomic E-state index is 4.54. The van der Waals surface area contributed by atoms with E-state index in [-0.39, 0.29) is 5.41 Å². The fourth-order valence-electron chi connectivity index (χ4n) is 3.44. The minimum absolute atomic E-state index is 0.261. The van der Waals surface area contributed by atoms with Gasteiger partial charge in [-0.15, -0.1) is 10.2 Å². The highest BCUT2D eigenvalue weighted by molar-refractivity contribution is 5.15. The molecule has 1 aromatic heterocycles. The van der Waals surface area contributed by atoms with E-state index in [1.54, 1.807) is 0 Å². The predicted molar refractivity (Wildman–Crippen MR) is 67.0 cm³/mol. The number of nitrogens with zero attached hydrogens (tertiary/aromatic N) is 3. The Labute approximate surface area is 103 Å². The van der Waals surface area contributed by atoms with Crippen molar-refractivity contribution in [3.8, 4) is 0 Å². The fourth-order valence-corrected chi connectivity index (χ4v) is 3.44. The number of hydrogen-bond donors (Lipinski definition) is 1. The zero-order chi connectivity index (χ0) is 11.7. The minimum atomic E-state index is 0.261. The lowest BCUT2D eigenvalue weighted by atomic mass is 9.81. The normalized spacial score (nSPS) is 28.3. The van der Waals surface area contributed by atoms with Crippen LogP contribution in [0.25, 0.3) is 0 Å². The first-order valence-corrected chi connectivity index (χ1v) is 6.99. The molecule has 0 spiro atoms. The predicted octanol–water partition coefficient (Wildman–Crippen LogP) is 1.65. The SMILES string of the molecule is CCCC1(c2nnc3n2CCCC3)CCNC1. The van der Waals surface area contributed by atoms with Gasteiger partial charge in [0.05, 0.1) is 0 Å². The van der Waals surface area contributed by atoms with Gasteiger partial charge in [0, 0.05) is 24.9 Å². The molecule has 0 amide bonds. The van der Waals surface area contributed by atoms with Gasteiger partial charge in [-0.2, -0.15) is 0 Å². The third-order valence-corrected chi connectivity index (χ3v) is 4.31. The van der Waals surface area contributed by atoms with E-state index in [2.05, 4.69) is 27.0 Å². The minimum Gasteiger partial charge on any atom is -0.316 e. The van der Waals surface area contributed by atoms with Crippen LogP contribution in [0.3, 0.4) is 0 Å². The van der Waals surface area contributed by atoms with Crippen molar-refractivity contribution in [2.24, 2.45) is 0 Å². The molecule has 2 aliphatic heterocycles. The van der Waals surface area contributed by atoms with Crippen molar-refractivity contribution in [2.45, 2.75) is 57.4 Å². The molecule has 3 rings (SSSR count). The second-order valence-corrected chi connectivity index (χ2v) is 5.51. The van der Waals surface area contributed by atoms with Gasteiger partial charge in [-0.3, -0.25) is 0 Å². The first kappa shape index (κ1) is 11.2. The van der Waals surface area contributed by atoms with Crippen LogP contribution in [0.2, 0.25) is 0 Å². The van der Waals surface area contributed by atoms with Crippen LogP contribution in [0, 0.1) is 0 Å². The van der Waals surface area contributed by atoms with Crippen molar-refractivity contribution < 1.29 is 0 Å². The van der Waals surface area contributed by atoms with Crippen LogP contribution in [0.15, 0.2) is 0 Å². The standard InChI is InChI=1S/C13H22N4/c1-2-6-13(7-8-14-10-13)12-16-15-11-5-3-4-9-17(11)12/h14H,2-10H2,1H3. The Kier molecular flexibility index (Phi) is 2.90. The summed E-state index contributed by atoms with van der Waals surface area (Å²) in [6, 6.07) is 0. The molecule has 4 nitrogen and oxygen atoms in total. The maximum Gasteiger partial charge on any atom is 0.140 e. The van der Waals surface area contributed by atoms with Crippen LogP contribution in [0.4, 0.5) is 0 Å². The molecule has 1 aromatic rings. The second-order valence-electron chi connectivity index (χ2n) is 5.51. The molecular weight excluding hydrogens is 212 g/mol. The highest BCUT2D eigenvalue weighted by Crippen LogP contribution is 2.35. The molecule has 0 aromatic carbocycles. The molecule has 17 heavy (non-hydrogen) atoms. The average molecular weight is 234 g/mol. The van der Waals surface area contributed by atoms with E-state index in [1.165, 1.54) is 43.8 Å². The van der Waals surface area contributed by atoms with Crippen LogP contribution < -0.4 is 5.32 Å². The van der Waals surface area contributed by atoms with Gasteiger partial charge in [0.1, 0.15) is 11.6 Å². The van der Waals surface area contributed by atoms with E-state index in [4.69, 9.17) is 0 Å². The van der Waals surface area contributed by atoms with Crippen LogP contribution in [-0.4, -0.2) is 27.9 Å². The molecule has 1 fully saturated rings. The van der Waals surface area contributed by atoms with E-state index in [0.29, 0.717) is 0 Å². The van der Waals surface area contributed by atoms with Gasteiger partial charge >= 0.3 is 0 Å². The second kappa shape index (κ2) is 4.41. The average Bonchev–Trinajstić information content (AvgIpc) is 2.96. The number of fused-ring (bicyclic) bond motifs is 1. The summed E-state index contributed by atoms with van der Waals surface area (Å²) in [5.74, 6) is 2.48. The maximum absolute atomic E-state index is 4.54. The summed E-state index contributed by atoms with van der Waals surface area (Å²) in [7, 11) is 0. The molecular formula is C13H22N4. The summed E-state index contributed by atoms with van der Waals surface area (Å²) in [6.07, 6.45) is 7.36. The molecule has 2 aliphatic rings. The lowest BCUT2D eigenvalue weighted by molar-refractivity contribution is 0.370. The van der Waals surface area contributed by atoms with Gasteiger partial charge in [0.25, 0.3) is 0 Å². The van der Waals surface area contributed by atoms with Crippen molar-refractivity contribution >= 4 is 0 Å². The Morgan fingerprint density at radius 2 is 2.29 bits per heavy atom. The molecule has 0 aliphatic carbocycles. The Hall–Kier alpha value is -0.900. The van der Waals surface area contributed by atoms with Crippen molar-refractivity contribution in [3.05, 3.63) is 11.6 Å². The van der Waals surface area contributed by atoms with Crippen LogP contribution >= 0.6 is 0 Å². The topological polar surface area (TPSA) is 42.7 Å². The quantitative estimate of drug-likeness (QED) is 0.864. The highest BCUT2D eigenvalue weighted by Gasteiger charge is 2.40. The zero-order valence-corrected chi connectivity index (χ0v) is 10.7. The Morgan fingerprint density at radius 1 is 1.35 bits per heavy atom. The van der Waals surface area contributed by atoms with Gasteiger partial charge in [-0.25, -0.2) is 0 Å². The number of nitrogens with one attached hydrogen (secondary N) is 1. The third kappa shape index (κ3) is 1.79. The fraction of sp³-hybridized carbons (Fsp3) is 0.846. The van der Waals surface area contributed by atoms with E-state index in [0.717, 1.165) is 26.1 Å². The van der Waals surface area contributed by atoms with E-state index >= 15 is 0 Å². The molecule has 0 radical (unpaired) electrons. The summed E-state index contributed by atoms with van der Waals surface area (Å²) < 4.78 is 2.41. The van der Waals surface area contributed by atoms with Crippen LogP contribution in [-0.2, 0) is 18.4 Å². The smallest absolute Gasteiger partial charge is 0.140 e.